The number of nitrogens with one attached hydrogen (secondary N) is 1. The fourth-order valence-electron chi connectivity index (χ4n) is 4.97. The minimum Gasteiger partial charge on any atom is -0.382 e. The van der Waals surface area contributed by atoms with Crippen LogP contribution in [0, 0.1) is 0 Å². The van der Waals surface area contributed by atoms with Crippen molar-refractivity contribution in [3.8, 4) is 17.1 Å². The van der Waals surface area contributed by atoms with Crippen LogP contribution in [0.15, 0.2) is 47.5 Å². The van der Waals surface area contributed by atoms with Crippen molar-refractivity contribution in [1.82, 2.24) is 44.3 Å². The van der Waals surface area contributed by atoms with Crippen LogP contribution in [-0.4, -0.2) is 99.8 Å². The van der Waals surface area contributed by atoms with E-state index in [1.165, 1.54) is 35.4 Å². The molecular formula is C29H26ClF6N9O5. The van der Waals surface area contributed by atoms with Crippen molar-refractivity contribution in [1.29, 1.82) is 0 Å². The number of piperidine rings is 1. The van der Waals surface area contributed by atoms with Crippen LogP contribution < -0.4 is 11.0 Å². The van der Waals surface area contributed by atoms with Crippen molar-refractivity contribution in [2.45, 2.75) is 50.8 Å². The standard InChI is InChI=1S/C29H26ClF6N9O5/c30-17-5-3-16(4-6-17)23-41-44(27(50)43(23)14-21(47)29(34,35)36)15-22-39-24(26(49)42-11-1-2-18(46)13-42)45(40-22)20-12-37-9-7-19(20)25(48)38-10-8-28(31,32)33/h3-7,9,12,21,47H,1-2,8,10-11,13-15H2,(H,38,48)/t21-/m0/s1. The molecule has 4 aromatic rings. The highest BCUT2D eigenvalue weighted by Gasteiger charge is 2.39. The van der Waals surface area contributed by atoms with E-state index in [1.54, 1.807) is 0 Å². The van der Waals surface area contributed by atoms with Crippen molar-refractivity contribution in [2.75, 3.05) is 19.6 Å². The summed E-state index contributed by atoms with van der Waals surface area (Å²) in [5.41, 5.74) is -1.40. The number of hydrogen-bond acceptors (Lipinski definition) is 9. The summed E-state index contributed by atoms with van der Waals surface area (Å²) in [7, 11) is 0. The third-order valence-electron chi connectivity index (χ3n) is 7.40. The van der Waals surface area contributed by atoms with Gasteiger partial charge in [0, 0.05) is 36.3 Å². The Kier molecular flexibility index (Phi) is 10.4. The number of aliphatic hydroxyl groups excluding tert-OH is 1. The fraction of sp³-hybridized carbons (Fsp3) is 0.379. The molecule has 50 heavy (non-hydrogen) atoms. The first-order valence-corrected chi connectivity index (χ1v) is 15.1. The highest BCUT2D eigenvalue weighted by atomic mass is 35.5. The van der Waals surface area contributed by atoms with Gasteiger partial charge in [0.25, 0.3) is 11.8 Å². The van der Waals surface area contributed by atoms with E-state index in [-0.39, 0.29) is 58.8 Å². The van der Waals surface area contributed by atoms with Gasteiger partial charge in [-0.1, -0.05) is 11.6 Å². The lowest BCUT2D eigenvalue weighted by atomic mass is 10.1. The number of ketones is 1. The lowest BCUT2D eigenvalue weighted by Crippen LogP contribution is -2.41. The molecule has 4 heterocycles. The first kappa shape index (κ1) is 36.2. The van der Waals surface area contributed by atoms with E-state index >= 15 is 0 Å². The highest BCUT2D eigenvalue weighted by Crippen LogP contribution is 2.25. The zero-order valence-corrected chi connectivity index (χ0v) is 26.3. The number of halogens is 7. The third-order valence-corrected chi connectivity index (χ3v) is 7.65. The number of amides is 2. The van der Waals surface area contributed by atoms with E-state index in [4.69, 9.17) is 11.6 Å². The number of hydrogen-bond donors (Lipinski definition) is 2. The normalized spacial score (nSPS) is 14.6. The molecule has 21 heteroatoms. The lowest BCUT2D eigenvalue weighted by Gasteiger charge is -2.25. The second-order valence-corrected chi connectivity index (χ2v) is 11.5. The maximum atomic E-state index is 13.7. The molecule has 0 unspecified atom stereocenters. The number of aromatic nitrogens is 7. The first-order chi connectivity index (χ1) is 23.5. The Morgan fingerprint density at radius 3 is 2.42 bits per heavy atom. The van der Waals surface area contributed by atoms with Gasteiger partial charge in [0.15, 0.2) is 23.5 Å². The summed E-state index contributed by atoms with van der Waals surface area (Å²) in [6.45, 7) is -2.75. The molecule has 0 spiro atoms. The molecule has 0 bridgehead atoms. The van der Waals surface area contributed by atoms with Gasteiger partial charge in [-0.25, -0.2) is 19.1 Å². The van der Waals surface area contributed by atoms with Crippen LogP contribution in [0.4, 0.5) is 26.3 Å². The zero-order valence-electron chi connectivity index (χ0n) is 25.6. The number of pyridine rings is 1. The molecule has 1 fully saturated rings. The average Bonchev–Trinajstić information content (AvgIpc) is 3.60. The van der Waals surface area contributed by atoms with Crippen molar-refractivity contribution in [2.24, 2.45) is 0 Å². The minimum absolute atomic E-state index is 0.153. The second kappa shape index (κ2) is 14.4. The third kappa shape index (κ3) is 8.36. The maximum absolute atomic E-state index is 13.7. The van der Waals surface area contributed by atoms with Crippen molar-refractivity contribution >= 4 is 29.2 Å². The Bertz CT molecular complexity index is 1960. The fourth-order valence-corrected chi connectivity index (χ4v) is 5.10. The summed E-state index contributed by atoms with van der Waals surface area (Å²) in [6.07, 6.45) is -11.1. The van der Waals surface area contributed by atoms with Gasteiger partial charge in [0.2, 0.25) is 5.82 Å². The molecule has 2 amide bonds. The molecule has 266 valence electrons. The number of aliphatic hydroxyl groups is 1. The van der Waals surface area contributed by atoms with Crippen LogP contribution in [0.3, 0.4) is 0 Å². The van der Waals surface area contributed by atoms with Gasteiger partial charge < -0.3 is 15.3 Å². The van der Waals surface area contributed by atoms with Crippen LogP contribution in [0.5, 0.6) is 0 Å². The zero-order chi connectivity index (χ0) is 36.4. The smallest absolute Gasteiger partial charge is 0.382 e. The quantitative estimate of drug-likeness (QED) is 0.233. The molecule has 1 aromatic carbocycles. The summed E-state index contributed by atoms with van der Waals surface area (Å²) >= 11 is 5.93. The first-order valence-electron chi connectivity index (χ1n) is 14.8. The number of benzene rings is 1. The Labute approximate surface area is 282 Å². The van der Waals surface area contributed by atoms with Crippen LogP contribution in [0.1, 0.15) is 46.1 Å². The predicted molar refractivity (Wildman–Crippen MR) is 160 cm³/mol. The van der Waals surface area contributed by atoms with Gasteiger partial charge in [-0.15, -0.1) is 10.2 Å². The Morgan fingerprint density at radius 1 is 1.04 bits per heavy atom. The summed E-state index contributed by atoms with van der Waals surface area (Å²) in [5, 5.41) is 20.6. The molecule has 1 saturated heterocycles. The van der Waals surface area contributed by atoms with Crippen LogP contribution >= 0.6 is 11.6 Å². The number of likely N-dealkylation sites (tertiary alicyclic amines) is 1. The second-order valence-electron chi connectivity index (χ2n) is 11.1. The summed E-state index contributed by atoms with van der Waals surface area (Å²) in [4.78, 5) is 61.6. The summed E-state index contributed by atoms with van der Waals surface area (Å²) in [6, 6.07) is 6.75. The van der Waals surface area contributed by atoms with E-state index in [2.05, 4.69) is 25.5 Å². The molecule has 14 nitrogen and oxygen atoms in total. The van der Waals surface area contributed by atoms with Crippen LogP contribution in [0.25, 0.3) is 17.1 Å². The lowest BCUT2D eigenvalue weighted by molar-refractivity contribution is -0.207. The molecule has 1 aliphatic heterocycles. The summed E-state index contributed by atoms with van der Waals surface area (Å²) < 4.78 is 80.2. The number of alkyl halides is 6. The largest absolute Gasteiger partial charge is 0.416 e. The Balaban J connectivity index is 1.57. The molecule has 0 radical (unpaired) electrons. The van der Waals surface area contributed by atoms with Crippen molar-refractivity contribution < 1.29 is 45.8 Å². The van der Waals surface area contributed by atoms with E-state index < -0.39 is 67.8 Å². The monoisotopic (exact) mass is 729 g/mol. The van der Waals surface area contributed by atoms with Crippen LogP contribution in [-0.2, 0) is 17.9 Å². The van der Waals surface area contributed by atoms with Gasteiger partial charge in [-0.3, -0.25) is 23.9 Å². The molecule has 0 aliphatic carbocycles. The van der Waals surface area contributed by atoms with Gasteiger partial charge in [-0.05, 0) is 36.8 Å². The molecule has 0 saturated carbocycles. The topological polar surface area (TPSA) is 170 Å². The van der Waals surface area contributed by atoms with E-state index in [1.807, 2.05) is 0 Å². The van der Waals surface area contributed by atoms with Gasteiger partial charge >= 0.3 is 18.0 Å². The summed E-state index contributed by atoms with van der Waals surface area (Å²) in [5.74, 6) is -3.09. The van der Waals surface area contributed by atoms with Gasteiger partial charge in [0.05, 0.1) is 37.0 Å². The van der Waals surface area contributed by atoms with E-state index in [0.29, 0.717) is 15.7 Å². The number of rotatable bonds is 10. The van der Waals surface area contributed by atoms with E-state index in [9.17, 15) is 50.6 Å². The Hall–Kier alpha value is -5.11. The molecule has 1 atom stereocenters. The number of carbonyl (C=O) groups excluding carboxylic acids is 3. The van der Waals surface area contributed by atoms with Gasteiger partial charge in [0.1, 0.15) is 6.54 Å². The maximum Gasteiger partial charge on any atom is 0.416 e. The molecule has 3 aromatic heterocycles. The van der Waals surface area contributed by atoms with Gasteiger partial charge in [-0.2, -0.15) is 26.3 Å². The van der Waals surface area contributed by atoms with Crippen molar-refractivity contribution in [3.63, 3.8) is 0 Å². The number of Topliss-reactive ketones (excluding diaryl/α,β-unsaturated/α-hetero) is 1. The van der Waals surface area contributed by atoms with E-state index in [0.717, 1.165) is 16.9 Å². The average molecular weight is 730 g/mol. The van der Waals surface area contributed by atoms with Crippen LogP contribution in [0.2, 0.25) is 5.02 Å². The number of carbonyl (C=O) groups is 3. The molecule has 5 rings (SSSR count). The molecular weight excluding hydrogens is 704 g/mol. The highest BCUT2D eigenvalue weighted by molar-refractivity contribution is 6.30. The minimum atomic E-state index is -5.08. The molecule has 2 N–H and O–H groups in total. The number of nitrogens with zero attached hydrogens (tertiary/aromatic N) is 8. The molecule has 1 aliphatic rings. The Morgan fingerprint density at radius 2 is 1.76 bits per heavy atom. The van der Waals surface area contributed by atoms with Crippen molar-refractivity contribution in [3.05, 3.63) is 75.4 Å². The predicted octanol–water partition coefficient (Wildman–Crippen LogP) is 2.80. The SMILES string of the molecule is O=C1CCCN(C(=O)c2nc(Cn3nc(-c4ccc(Cl)cc4)n(C[C@H](O)C(F)(F)F)c3=O)nn2-c2cnccc2C(=O)NCCC(F)(F)F)C1.